The summed E-state index contributed by atoms with van der Waals surface area (Å²) in [4.78, 5) is 20.5. The van der Waals surface area contributed by atoms with Gasteiger partial charge < -0.3 is 15.2 Å². The van der Waals surface area contributed by atoms with Crippen molar-refractivity contribution in [3.63, 3.8) is 0 Å². The number of anilines is 2. The fourth-order valence-corrected chi connectivity index (χ4v) is 4.56. The monoisotopic (exact) mass is 498 g/mol. The van der Waals surface area contributed by atoms with E-state index in [4.69, 9.17) is 11.6 Å². The second-order valence-electron chi connectivity index (χ2n) is 8.96. The Balaban J connectivity index is 0.000000371. The number of carbonyl (C=O) groups is 1. The molecule has 0 aliphatic carbocycles. The highest BCUT2D eigenvalue weighted by Crippen LogP contribution is 2.31. The molecule has 0 bridgehead atoms. The summed E-state index contributed by atoms with van der Waals surface area (Å²) < 4.78 is 13.4. The molecule has 4 rings (SSSR count). The average Bonchev–Trinajstić information content (AvgIpc) is 3.16. The van der Waals surface area contributed by atoms with Crippen LogP contribution in [0.3, 0.4) is 0 Å². The van der Waals surface area contributed by atoms with Crippen LogP contribution in [0.1, 0.15) is 65.0 Å². The fraction of sp³-hybridized carbons (Fsp3) is 0.429. The number of amides is 1. The lowest BCUT2D eigenvalue weighted by atomic mass is 9.98. The first-order valence-electron chi connectivity index (χ1n) is 12.6. The average molecular weight is 499 g/mol. The zero-order valence-electron chi connectivity index (χ0n) is 20.9. The minimum atomic E-state index is -0.448. The van der Waals surface area contributed by atoms with E-state index in [9.17, 15) is 9.18 Å². The number of fused-ring (bicyclic) bond motifs is 1. The minimum absolute atomic E-state index is 0.0726. The first-order valence-corrected chi connectivity index (χ1v) is 12.9. The summed E-state index contributed by atoms with van der Waals surface area (Å²) in [6.45, 7) is 8.20. The van der Waals surface area contributed by atoms with Crippen molar-refractivity contribution < 1.29 is 9.18 Å². The Kier molecular flexibility index (Phi) is 10.2. The lowest BCUT2D eigenvalue weighted by molar-refractivity contribution is -0.117. The van der Waals surface area contributed by atoms with Gasteiger partial charge in [0.1, 0.15) is 11.5 Å². The van der Waals surface area contributed by atoms with E-state index in [0.29, 0.717) is 12.2 Å². The molecule has 0 spiro atoms. The molecule has 1 aliphatic rings. The van der Waals surface area contributed by atoms with Gasteiger partial charge in [-0.3, -0.25) is 4.79 Å². The smallest absolute Gasteiger partial charge is 0.209 e. The van der Waals surface area contributed by atoms with E-state index in [1.54, 1.807) is 23.2 Å². The Labute approximate surface area is 212 Å². The number of aromatic nitrogens is 2. The number of aromatic amines is 1. The van der Waals surface area contributed by atoms with Crippen molar-refractivity contribution in [3.8, 4) is 0 Å². The van der Waals surface area contributed by atoms with Crippen molar-refractivity contribution in [2.24, 2.45) is 5.92 Å². The molecule has 0 saturated carbocycles. The van der Waals surface area contributed by atoms with Crippen molar-refractivity contribution in [3.05, 3.63) is 59.1 Å². The van der Waals surface area contributed by atoms with Crippen LogP contribution in [0.25, 0.3) is 16.6 Å². The lowest BCUT2D eigenvalue weighted by Gasteiger charge is -2.10. The molecule has 0 fully saturated rings. The zero-order valence-corrected chi connectivity index (χ0v) is 21.7. The summed E-state index contributed by atoms with van der Waals surface area (Å²) >= 11 is 5.87. The summed E-state index contributed by atoms with van der Waals surface area (Å²) in [6.07, 6.45) is 12.0. The topological polar surface area (TPSA) is 61.0 Å². The van der Waals surface area contributed by atoms with E-state index in [2.05, 4.69) is 48.2 Å². The molecule has 0 unspecified atom stereocenters. The minimum Gasteiger partial charge on any atom is -0.355 e. The summed E-state index contributed by atoms with van der Waals surface area (Å²) in [5.74, 6) is 0.552. The Morgan fingerprint density at radius 1 is 1.23 bits per heavy atom. The lowest BCUT2D eigenvalue weighted by Crippen LogP contribution is -2.21. The number of halogens is 2. The molecule has 1 amide bonds. The number of hydrogen-bond donors (Lipinski definition) is 2. The van der Waals surface area contributed by atoms with Gasteiger partial charge in [0.2, 0.25) is 6.41 Å². The largest absolute Gasteiger partial charge is 0.355 e. The molecule has 3 heterocycles. The predicted octanol–water partition coefficient (Wildman–Crippen LogP) is 7.96. The van der Waals surface area contributed by atoms with Gasteiger partial charge in [0.15, 0.2) is 0 Å². The summed E-state index contributed by atoms with van der Waals surface area (Å²) in [5, 5.41) is 4.28. The maximum absolute atomic E-state index is 13.4. The van der Waals surface area contributed by atoms with Crippen LogP contribution in [0, 0.1) is 11.7 Å². The van der Waals surface area contributed by atoms with E-state index in [1.165, 1.54) is 37.3 Å². The highest BCUT2D eigenvalue weighted by atomic mass is 35.5. The van der Waals surface area contributed by atoms with Crippen LogP contribution in [0.2, 0.25) is 5.02 Å². The van der Waals surface area contributed by atoms with Crippen LogP contribution in [-0.2, 0) is 4.79 Å². The first kappa shape index (κ1) is 26.7. The van der Waals surface area contributed by atoms with E-state index in [0.717, 1.165) is 54.1 Å². The second kappa shape index (κ2) is 13.3. The number of H-pyrrole nitrogens is 1. The summed E-state index contributed by atoms with van der Waals surface area (Å²) in [6, 6.07) is 8.45. The number of hydrogen-bond acceptors (Lipinski definition) is 3. The number of pyridine rings is 1. The van der Waals surface area contributed by atoms with E-state index < -0.39 is 5.82 Å². The first-order chi connectivity index (χ1) is 17.0. The summed E-state index contributed by atoms with van der Waals surface area (Å²) in [5.41, 5.74) is 4.49. The van der Waals surface area contributed by atoms with Crippen LogP contribution in [0.15, 0.2) is 42.6 Å². The highest BCUT2D eigenvalue weighted by Gasteiger charge is 2.14. The van der Waals surface area contributed by atoms with Crippen molar-refractivity contribution >= 4 is 46.0 Å². The van der Waals surface area contributed by atoms with Crippen molar-refractivity contribution in [1.29, 1.82) is 0 Å². The van der Waals surface area contributed by atoms with Gasteiger partial charge in [0.05, 0.1) is 10.7 Å². The molecule has 0 atom stereocenters. The Hall–Kier alpha value is -2.86. The van der Waals surface area contributed by atoms with Crippen LogP contribution in [-0.4, -0.2) is 34.4 Å². The van der Waals surface area contributed by atoms with Gasteiger partial charge in [0.25, 0.3) is 0 Å². The number of rotatable bonds is 8. The predicted molar refractivity (Wildman–Crippen MR) is 145 cm³/mol. The van der Waals surface area contributed by atoms with Crippen LogP contribution in [0.5, 0.6) is 0 Å². The SMILES string of the molecule is CCCC(CC)CC.O=CN1CC=C(c2cc3c(Nc4ccc(F)c(Cl)c4)ccnc3[nH]2)CCC1. The van der Waals surface area contributed by atoms with Crippen molar-refractivity contribution in [2.45, 2.75) is 59.3 Å². The van der Waals surface area contributed by atoms with Gasteiger partial charge in [-0.05, 0) is 54.7 Å². The van der Waals surface area contributed by atoms with Gasteiger partial charge in [-0.15, -0.1) is 0 Å². The molecule has 1 aliphatic heterocycles. The molecule has 188 valence electrons. The van der Waals surface area contributed by atoms with Gasteiger partial charge in [0, 0.05) is 36.1 Å². The molecule has 1 aromatic carbocycles. The van der Waals surface area contributed by atoms with Crippen LogP contribution in [0.4, 0.5) is 15.8 Å². The molecule has 2 aromatic heterocycles. The number of carbonyl (C=O) groups excluding carboxylic acids is 1. The third kappa shape index (κ3) is 7.31. The third-order valence-electron chi connectivity index (χ3n) is 6.54. The van der Waals surface area contributed by atoms with E-state index >= 15 is 0 Å². The molecule has 2 N–H and O–H groups in total. The van der Waals surface area contributed by atoms with E-state index in [-0.39, 0.29) is 5.02 Å². The molecule has 0 radical (unpaired) electrons. The number of nitrogens with zero attached hydrogens (tertiary/aromatic N) is 2. The highest BCUT2D eigenvalue weighted by molar-refractivity contribution is 6.31. The van der Waals surface area contributed by atoms with Crippen molar-refractivity contribution in [2.75, 3.05) is 18.4 Å². The molecule has 7 heteroatoms. The molecular formula is C28H36ClFN4O. The number of allylic oxidation sites excluding steroid dienone is 1. The molecule has 5 nitrogen and oxygen atoms in total. The van der Waals surface area contributed by atoms with Gasteiger partial charge in [-0.1, -0.05) is 64.1 Å². The molecule has 0 saturated heterocycles. The van der Waals surface area contributed by atoms with Crippen LogP contribution < -0.4 is 5.32 Å². The second-order valence-corrected chi connectivity index (χ2v) is 9.37. The zero-order chi connectivity index (χ0) is 25.2. The van der Waals surface area contributed by atoms with Gasteiger partial charge in [-0.25, -0.2) is 9.37 Å². The molecule has 35 heavy (non-hydrogen) atoms. The standard InChI is InChI=1S/C20H18ClFN4O.C8H18/c21-16-10-14(3-4-17(16)22)24-18-5-7-23-20-15(18)11-19(25-20)13-2-1-8-26(12-27)9-6-13;1-4-7-8(5-2)6-3/h3-7,10-12H,1-2,8-9H2,(H2,23,24,25);8H,4-7H2,1-3H3. The Morgan fingerprint density at radius 2 is 2.03 bits per heavy atom. The Bertz CT molecular complexity index is 1140. The third-order valence-corrected chi connectivity index (χ3v) is 6.83. The van der Waals surface area contributed by atoms with E-state index in [1.807, 2.05) is 6.07 Å². The maximum atomic E-state index is 13.4. The van der Waals surface area contributed by atoms with Crippen molar-refractivity contribution in [1.82, 2.24) is 14.9 Å². The van der Waals surface area contributed by atoms with Crippen LogP contribution >= 0.6 is 11.6 Å². The molecule has 3 aromatic rings. The molecular weight excluding hydrogens is 463 g/mol. The van der Waals surface area contributed by atoms with Gasteiger partial charge >= 0.3 is 0 Å². The Morgan fingerprint density at radius 3 is 2.69 bits per heavy atom. The maximum Gasteiger partial charge on any atom is 0.209 e. The summed E-state index contributed by atoms with van der Waals surface area (Å²) in [7, 11) is 0. The normalized spacial score (nSPS) is 13.8. The van der Waals surface area contributed by atoms with Gasteiger partial charge in [-0.2, -0.15) is 0 Å². The quantitative estimate of drug-likeness (QED) is 0.310. The number of benzene rings is 1. The number of nitrogens with one attached hydrogen (secondary N) is 2. The fourth-order valence-electron chi connectivity index (χ4n) is 4.38.